The minimum atomic E-state index is 0. The van der Waals surface area contributed by atoms with Gasteiger partial charge in [-0.2, -0.15) is 0 Å². The summed E-state index contributed by atoms with van der Waals surface area (Å²) in [4.78, 5) is 11.1. The Bertz CT molecular complexity index is 215. The first kappa shape index (κ1) is 16.7. The van der Waals surface area contributed by atoms with Crippen molar-refractivity contribution in [2.75, 3.05) is 19.7 Å². The average molecular weight is 265 g/mol. The molecule has 1 fully saturated rings. The first-order valence-corrected chi connectivity index (χ1v) is 6.32. The number of hydrogen-bond donors (Lipinski definition) is 2. The molecule has 1 saturated carbocycles. The van der Waals surface area contributed by atoms with E-state index in [9.17, 15) is 4.79 Å². The Morgan fingerprint density at radius 3 is 2.76 bits per heavy atom. The van der Waals surface area contributed by atoms with E-state index in [4.69, 9.17) is 10.5 Å². The lowest BCUT2D eigenvalue weighted by Crippen LogP contribution is -2.32. The fourth-order valence-corrected chi connectivity index (χ4v) is 2.15. The Morgan fingerprint density at radius 2 is 2.12 bits per heavy atom. The normalized spacial score (nSPS) is 23.9. The number of nitrogens with one attached hydrogen (secondary N) is 1. The van der Waals surface area contributed by atoms with Crippen molar-refractivity contribution in [1.29, 1.82) is 0 Å². The maximum absolute atomic E-state index is 11.1. The fourth-order valence-electron chi connectivity index (χ4n) is 2.15. The molecule has 0 radical (unpaired) electrons. The molecule has 0 spiro atoms. The molecule has 1 aliphatic rings. The van der Waals surface area contributed by atoms with Crippen molar-refractivity contribution in [2.45, 2.75) is 45.1 Å². The Morgan fingerprint density at radius 1 is 1.41 bits per heavy atom. The molecule has 0 aliphatic heterocycles. The molecule has 5 heteroatoms. The third-order valence-electron chi connectivity index (χ3n) is 3.16. The number of carbonyl (C=O) groups excluding carboxylic acids is 1. The van der Waals surface area contributed by atoms with E-state index in [1.54, 1.807) is 0 Å². The highest BCUT2D eigenvalue weighted by atomic mass is 35.5. The second-order valence-corrected chi connectivity index (χ2v) is 4.56. The van der Waals surface area contributed by atoms with Gasteiger partial charge in [0.1, 0.15) is 0 Å². The van der Waals surface area contributed by atoms with Crippen LogP contribution < -0.4 is 11.1 Å². The molecule has 0 aromatic carbocycles. The lowest BCUT2D eigenvalue weighted by atomic mass is 9.88. The van der Waals surface area contributed by atoms with Crippen LogP contribution in [0.3, 0.4) is 0 Å². The summed E-state index contributed by atoms with van der Waals surface area (Å²) in [5.41, 5.74) is 5.28. The molecule has 4 nitrogen and oxygen atoms in total. The van der Waals surface area contributed by atoms with E-state index in [-0.39, 0.29) is 18.3 Å². The van der Waals surface area contributed by atoms with Crippen LogP contribution in [0.15, 0.2) is 0 Å². The molecule has 1 aliphatic carbocycles. The van der Waals surface area contributed by atoms with Gasteiger partial charge < -0.3 is 15.8 Å². The molecule has 2 unspecified atom stereocenters. The number of rotatable bonds is 6. The van der Waals surface area contributed by atoms with E-state index in [0.29, 0.717) is 38.1 Å². The van der Waals surface area contributed by atoms with E-state index < -0.39 is 0 Å². The lowest BCUT2D eigenvalue weighted by molar-refractivity contribution is -0.121. The summed E-state index contributed by atoms with van der Waals surface area (Å²) in [7, 11) is 0. The first-order valence-electron chi connectivity index (χ1n) is 6.32. The zero-order valence-electron chi connectivity index (χ0n) is 10.6. The number of nitrogens with two attached hydrogens (primary N) is 1. The largest absolute Gasteiger partial charge is 0.376 e. The molecule has 1 amide bonds. The van der Waals surface area contributed by atoms with Gasteiger partial charge in [0, 0.05) is 19.5 Å². The van der Waals surface area contributed by atoms with Gasteiger partial charge in [-0.05, 0) is 18.8 Å². The number of ether oxygens (including phenoxy) is 1. The Kier molecular flexibility index (Phi) is 9.50. The van der Waals surface area contributed by atoms with Crippen LogP contribution in [0.25, 0.3) is 0 Å². The van der Waals surface area contributed by atoms with E-state index in [0.717, 1.165) is 6.42 Å². The highest BCUT2D eigenvalue weighted by Gasteiger charge is 2.21. The quantitative estimate of drug-likeness (QED) is 0.714. The van der Waals surface area contributed by atoms with Crippen molar-refractivity contribution in [1.82, 2.24) is 5.32 Å². The van der Waals surface area contributed by atoms with Crippen molar-refractivity contribution in [3.63, 3.8) is 0 Å². The fraction of sp³-hybridized carbons (Fsp3) is 0.917. The van der Waals surface area contributed by atoms with Crippen LogP contribution in [0.2, 0.25) is 0 Å². The Hall–Kier alpha value is -0.320. The third-order valence-corrected chi connectivity index (χ3v) is 3.16. The van der Waals surface area contributed by atoms with Gasteiger partial charge in [0.2, 0.25) is 5.91 Å². The van der Waals surface area contributed by atoms with Crippen molar-refractivity contribution in [2.24, 2.45) is 11.7 Å². The molecule has 1 rings (SSSR count). The summed E-state index contributed by atoms with van der Waals surface area (Å²) < 4.78 is 5.78. The summed E-state index contributed by atoms with van der Waals surface area (Å²) in [6.07, 6.45) is 5.82. The second kappa shape index (κ2) is 9.68. The molecule has 2 atom stereocenters. The van der Waals surface area contributed by atoms with Gasteiger partial charge in [0.15, 0.2) is 0 Å². The van der Waals surface area contributed by atoms with Crippen molar-refractivity contribution >= 4 is 18.3 Å². The molecule has 0 saturated heterocycles. The predicted octanol–water partition coefficient (Wildman–Crippen LogP) is 1.47. The minimum absolute atomic E-state index is 0. The zero-order valence-corrected chi connectivity index (χ0v) is 11.4. The molecule has 17 heavy (non-hydrogen) atoms. The average Bonchev–Trinajstić information content (AvgIpc) is 2.27. The summed E-state index contributed by atoms with van der Waals surface area (Å²) in [6.45, 7) is 3.87. The van der Waals surface area contributed by atoms with Crippen molar-refractivity contribution < 1.29 is 9.53 Å². The summed E-state index contributed by atoms with van der Waals surface area (Å²) in [6, 6.07) is 0. The summed E-state index contributed by atoms with van der Waals surface area (Å²) in [5.74, 6) is 0.677. The van der Waals surface area contributed by atoms with E-state index in [1.165, 1.54) is 19.3 Å². The van der Waals surface area contributed by atoms with E-state index >= 15 is 0 Å². The lowest BCUT2D eigenvalue weighted by Gasteiger charge is -2.28. The molecule has 0 aromatic heterocycles. The van der Waals surface area contributed by atoms with Gasteiger partial charge in [-0.25, -0.2) is 0 Å². The smallest absolute Gasteiger partial charge is 0.221 e. The van der Waals surface area contributed by atoms with Crippen molar-refractivity contribution in [3.8, 4) is 0 Å². The first-order chi connectivity index (χ1) is 7.74. The topological polar surface area (TPSA) is 64.3 Å². The van der Waals surface area contributed by atoms with Gasteiger partial charge in [-0.15, -0.1) is 12.4 Å². The van der Waals surface area contributed by atoms with Gasteiger partial charge >= 0.3 is 0 Å². The Balaban J connectivity index is 0.00000256. The summed E-state index contributed by atoms with van der Waals surface area (Å²) in [5, 5.41) is 2.79. The molecular formula is C12H25ClN2O2. The van der Waals surface area contributed by atoms with Crippen LogP contribution in [0.5, 0.6) is 0 Å². The van der Waals surface area contributed by atoms with E-state index in [1.807, 2.05) is 0 Å². The van der Waals surface area contributed by atoms with Crippen LogP contribution >= 0.6 is 12.4 Å². The number of amides is 1. The maximum Gasteiger partial charge on any atom is 0.221 e. The zero-order chi connectivity index (χ0) is 11.8. The molecule has 3 N–H and O–H groups in total. The maximum atomic E-state index is 11.1. The number of hydrogen-bond acceptors (Lipinski definition) is 3. The van der Waals surface area contributed by atoms with Crippen LogP contribution in [0.4, 0.5) is 0 Å². The third kappa shape index (κ3) is 6.86. The van der Waals surface area contributed by atoms with Crippen LogP contribution in [-0.4, -0.2) is 31.7 Å². The Labute approximate surface area is 110 Å². The highest BCUT2D eigenvalue weighted by Crippen LogP contribution is 2.25. The molecule has 0 bridgehead atoms. The molecule has 0 heterocycles. The van der Waals surface area contributed by atoms with Crippen LogP contribution in [-0.2, 0) is 9.53 Å². The number of halogens is 1. The van der Waals surface area contributed by atoms with Gasteiger partial charge in [-0.3, -0.25) is 4.79 Å². The predicted molar refractivity (Wildman–Crippen MR) is 71.3 cm³/mol. The van der Waals surface area contributed by atoms with Crippen molar-refractivity contribution in [3.05, 3.63) is 0 Å². The monoisotopic (exact) mass is 264 g/mol. The molecular weight excluding hydrogens is 240 g/mol. The SMILES string of the molecule is CC1CCCCC1OCCNC(=O)CCN.Cl. The standard InChI is InChI=1S/C12H24N2O2.ClH/c1-10-4-2-3-5-11(10)16-9-8-14-12(15)6-7-13;/h10-11H,2-9,13H2,1H3,(H,14,15);1H. The van der Waals surface area contributed by atoms with Crippen LogP contribution in [0.1, 0.15) is 39.0 Å². The number of carbonyl (C=O) groups is 1. The van der Waals surface area contributed by atoms with Crippen LogP contribution in [0, 0.1) is 5.92 Å². The molecule has 102 valence electrons. The van der Waals surface area contributed by atoms with Gasteiger partial charge in [0.25, 0.3) is 0 Å². The van der Waals surface area contributed by atoms with Gasteiger partial charge in [0.05, 0.1) is 12.7 Å². The molecule has 0 aromatic rings. The van der Waals surface area contributed by atoms with Gasteiger partial charge in [-0.1, -0.05) is 19.8 Å². The highest BCUT2D eigenvalue weighted by molar-refractivity contribution is 5.85. The second-order valence-electron chi connectivity index (χ2n) is 4.56. The minimum Gasteiger partial charge on any atom is -0.376 e. The van der Waals surface area contributed by atoms with E-state index in [2.05, 4.69) is 12.2 Å². The summed E-state index contributed by atoms with van der Waals surface area (Å²) >= 11 is 0.